The molecule has 2 aromatic heterocycles. The summed E-state index contributed by atoms with van der Waals surface area (Å²) in [6.45, 7) is 6.83. The first-order valence-electron chi connectivity index (χ1n) is 11.4. The lowest BCUT2D eigenvalue weighted by Gasteiger charge is -2.34. The number of aromatic nitrogens is 2. The molecule has 2 aliphatic rings. The van der Waals surface area contributed by atoms with Gasteiger partial charge in [-0.1, -0.05) is 0 Å². The number of carboxylic acids is 2. The highest BCUT2D eigenvalue weighted by Gasteiger charge is 2.25. The average Bonchev–Trinajstić information content (AvgIpc) is 3.18. The number of fused-ring (bicyclic) bond motifs is 1. The first-order chi connectivity index (χ1) is 17.3. The van der Waals surface area contributed by atoms with Crippen LogP contribution in [0.2, 0.25) is 0 Å². The molecular weight excluding hydrogens is 570 g/mol. The predicted molar refractivity (Wildman–Crippen MR) is 143 cm³/mol. The molecule has 1 fully saturated rings. The summed E-state index contributed by atoms with van der Waals surface area (Å²) in [6, 6.07) is 3.83. The minimum absolute atomic E-state index is 0.193. The SMILES string of the molecule is O=C(O)/C=C/C(=O)O.O=C1c2cc(Br)sc2SCCN1CCCCN1CCN(c2ncccn2)CC1. The highest BCUT2D eigenvalue weighted by Crippen LogP contribution is 2.37. The Hall–Kier alpha value is -2.48. The van der Waals surface area contributed by atoms with Crippen LogP contribution >= 0.6 is 39.0 Å². The number of carbonyl (C=O) groups excluding carboxylic acids is 1. The molecule has 36 heavy (non-hydrogen) atoms. The Kier molecular flexibility index (Phi) is 11.2. The van der Waals surface area contributed by atoms with Gasteiger partial charge in [-0.2, -0.15) is 0 Å². The number of hydrogen-bond donors (Lipinski definition) is 2. The van der Waals surface area contributed by atoms with Gasteiger partial charge in [0.2, 0.25) is 5.95 Å². The minimum atomic E-state index is -1.26. The third-order valence-corrected chi connectivity index (χ3v) is 8.41. The number of carbonyl (C=O) groups is 3. The molecule has 0 unspecified atom stereocenters. The third-order valence-electron chi connectivity index (χ3n) is 5.51. The van der Waals surface area contributed by atoms with Gasteiger partial charge in [0.1, 0.15) is 0 Å². The van der Waals surface area contributed by atoms with Crippen molar-refractivity contribution in [3.05, 3.63) is 46.0 Å². The number of nitrogens with zero attached hydrogens (tertiary/aromatic N) is 5. The highest BCUT2D eigenvalue weighted by molar-refractivity contribution is 9.11. The van der Waals surface area contributed by atoms with Crippen LogP contribution in [0.15, 0.2) is 44.7 Å². The zero-order valence-electron chi connectivity index (χ0n) is 19.6. The van der Waals surface area contributed by atoms with Gasteiger partial charge in [-0.05, 0) is 47.4 Å². The lowest BCUT2D eigenvalue weighted by Crippen LogP contribution is -2.47. The molecule has 0 atom stereocenters. The molecule has 13 heteroatoms. The number of thiophene rings is 1. The van der Waals surface area contributed by atoms with Crippen LogP contribution in [-0.4, -0.2) is 99.4 Å². The number of carboxylic acid groups (broad SMARTS) is 2. The number of hydrogen-bond acceptors (Lipinski definition) is 9. The second kappa shape index (κ2) is 14.3. The van der Waals surface area contributed by atoms with E-state index in [1.54, 1.807) is 35.5 Å². The Morgan fingerprint density at radius 2 is 1.64 bits per heavy atom. The van der Waals surface area contributed by atoms with Crippen molar-refractivity contribution in [2.45, 2.75) is 17.1 Å². The largest absolute Gasteiger partial charge is 0.478 e. The number of amides is 1. The highest BCUT2D eigenvalue weighted by atomic mass is 79.9. The monoisotopic (exact) mass is 597 g/mol. The molecule has 2 N–H and O–H groups in total. The average molecular weight is 599 g/mol. The quantitative estimate of drug-likeness (QED) is 0.346. The summed E-state index contributed by atoms with van der Waals surface area (Å²) < 4.78 is 2.19. The van der Waals surface area contributed by atoms with E-state index in [2.05, 4.69) is 35.7 Å². The summed E-state index contributed by atoms with van der Waals surface area (Å²) in [6.07, 6.45) is 6.90. The van der Waals surface area contributed by atoms with Crippen LogP contribution < -0.4 is 4.90 Å². The molecule has 2 aromatic rings. The summed E-state index contributed by atoms with van der Waals surface area (Å²) >= 11 is 6.98. The molecule has 10 nitrogen and oxygen atoms in total. The summed E-state index contributed by atoms with van der Waals surface area (Å²) in [5, 5.41) is 15.6. The van der Waals surface area contributed by atoms with Gasteiger partial charge in [-0.25, -0.2) is 19.6 Å². The Labute approximate surface area is 226 Å². The van der Waals surface area contributed by atoms with Crippen LogP contribution in [0.4, 0.5) is 5.95 Å². The Bertz CT molecular complexity index is 1040. The maximum Gasteiger partial charge on any atom is 0.328 e. The van der Waals surface area contributed by atoms with E-state index in [0.717, 1.165) is 83.9 Å². The van der Waals surface area contributed by atoms with E-state index in [-0.39, 0.29) is 5.91 Å². The van der Waals surface area contributed by atoms with Crippen molar-refractivity contribution in [1.29, 1.82) is 0 Å². The fraction of sp³-hybridized carbons (Fsp3) is 0.435. The fourth-order valence-corrected chi connectivity index (χ4v) is 6.94. The molecule has 0 spiro atoms. The van der Waals surface area contributed by atoms with Gasteiger partial charge in [0, 0.05) is 69.6 Å². The fourth-order valence-electron chi connectivity index (χ4n) is 3.74. The zero-order chi connectivity index (χ0) is 25.9. The predicted octanol–water partition coefficient (Wildman–Crippen LogP) is 3.16. The Morgan fingerprint density at radius 3 is 2.28 bits per heavy atom. The smallest absolute Gasteiger partial charge is 0.328 e. The first-order valence-corrected chi connectivity index (χ1v) is 14.0. The molecule has 0 aliphatic carbocycles. The lowest BCUT2D eigenvalue weighted by atomic mass is 10.2. The van der Waals surface area contributed by atoms with Gasteiger partial charge in [0.05, 0.1) is 13.6 Å². The second-order valence-electron chi connectivity index (χ2n) is 7.99. The molecule has 0 saturated carbocycles. The van der Waals surface area contributed by atoms with E-state index in [1.807, 2.05) is 17.0 Å². The van der Waals surface area contributed by atoms with Gasteiger partial charge in [0.15, 0.2) is 0 Å². The van der Waals surface area contributed by atoms with Crippen LogP contribution in [0.5, 0.6) is 0 Å². The van der Waals surface area contributed by atoms with Gasteiger partial charge >= 0.3 is 11.9 Å². The molecule has 1 amide bonds. The van der Waals surface area contributed by atoms with Crippen LogP contribution in [0.25, 0.3) is 0 Å². The van der Waals surface area contributed by atoms with Crippen LogP contribution in [-0.2, 0) is 9.59 Å². The first kappa shape index (κ1) is 28.1. The molecule has 1 saturated heterocycles. The van der Waals surface area contributed by atoms with E-state index in [0.29, 0.717) is 12.2 Å². The van der Waals surface area contributed by atoms with Crippen LogP contribution in [0.3, 0.4) is 0 Å². The van der Waals surface area contributed by atoms with E-state index < -0.39 is 11.9 Å². The van der Waals surface area contributed by atoms with Crippen molar-refractivity contribution < 1.29 is 24.6 Å². The summed E-state index contributed by atoms with van der Waals surface area (Å²) in [7, 11) is 0. The maximum absolute atomic E-state index is 12.8. The molecular formula is C23H28BrN5O5S2. The van der Waals surface area contributed by atoms with E-state index in [9.17, 15) is 14.4 Å². The number of rotatable bonds is 8. The van der Waals surface area contributed by atoms with E-state index >= 15 is 0 Å². The zero-order valence-corrected chi connectivity index (χ0v) is 22.8. The summed E-state index contributed by atoms with van der Waals surface area (Å²) in [4.78, 5) is 47.4. The molecule has 4 heterocycles. The van der Waals surface area contributed by atoms with Crippen molar-refractivity contribution in [1.82, 2.24) is 19.8 Å². The molecule has 0 bridgehead atoms. The normalized spacial score (nSPS) is 16.3. The Morgan fingerprint density at radius 1 is 1.00 bits per heavy atom. The Balaban J connectivity index is 0.000000392. The topological polar surface area (TPSA) is 127 Å². The minimum Gasteiger partial charge on any atom is -0.478 e. The van der Waals surface area contributed by atoms with Gasteiger partial charge in [-0.3, -0.25) is 9.69 Å². The molecule has 194 valence electrons. The van der Waals surface area contributed by atoms with Gasteiger partial charge in [-0.15, -0.1) is 23.1 Å². The standard InChI is InChI=1S/C19H24BrN5OS2.C4H4O4/c20-16-14-15-17(26)24(12-13-27-18(15)28-16)7-2-1-6-23-8-10-25(11-9-23)19-21-4-3-5-22-19;5-3(6)1-2-4(7)8/h3-5,14H,1-2,6-13H2;1-2H,(H,5,6)(H,7,8)/b;2-1+. The van der Waals surface area contributed by atoms with Crippen LogP contribution in [0.1, 0.15) is 23.2 Å². The molecule has 0 radical (unpaired) electrons. The number of unbranched alkanes of at least 4 members (excludes halogenated alkanes) is 1. The van der Waals surface area contributed by atoms with Crippen molar-refractivity contribution in [3.63, 3.8) is 0 Å². The number of anilines is 1. The second-order valence-corrected chi connectivity index (χ2v) is 11.8. The number of aliphatic carboxylic acids is 2. The third kappa shape index (κ3) is 8.87. The van der Waals surface area contributed by atoms with Crippen molar-refractivity contribution in [2.24, 2.45) is 0 Å². The van der Waals surface area contributed by atoms with Crippen molar-refractivity contribution >= 4 is 62.8 Å². The van der Waals surface area contributed by atoms with E-state index in [4.69, 9.17) is 10.2 Å². The van der Waals surface area contributed by atoms with Gasteiger partial charge in [0.25, 0.3) is 5.91 Å². The maximum atomic E-state index is 12.8. The van der Waals surface area contributed by atoms with Gasteiger partial charge < -0.3 is 20.0 Å². The number of halogens is 1. The molecule has 4 rings (SSSR count). The number of thioether (sulfide) groups is 1. The lowest BCUT2D eigenvalue weighted by molar-refractivity contribution is -0.134. The molecule has 0 aromatic carbocycles. The van der Waals surface area contributed by atoms with Crippen LogP contribution in [0, 0.1) is 0 Å². The molecule has 2 aliphatic heterocycles. The van der Waals surface area contributed by atoms with E-state index in [1.165, 1.54) is 0 Å². The summed E-state index contributed by atoms with van der Waals surface area (Å²) in [5.74, 6) is -0.507. The van der Waals surface area contributed by atoms with Crippen molar-refractivity contribution in [3.8, 4) is 0 Å². The summed E-state index contributed by atoms with van der Waals surface area (Å²) in [5.41, 5.74) is 0.874. The number of piperazine rings is 1. The van der Waals surface area contributed by atoms with Crippen molar-refractivity contribution in [2.75, 3.05) is 56.5 Å².